The molecule has 0 radical (unpaired) electrons. The van der Waals surface area contributed by atoms with E-state index in [1.54, 1.807) is 31.0 Å². The third-order valence-electron chi connectivity index (χ3n) is 4.39. The summed E-state index contributed by atoms with van der Waals surface area (Å²) in [5.74, 6) is 1.04. The molecule has 1 saturated carbocycles. The van der Waals surface area contributed by atoms with E-state index in [4.69, 9.17) is 9.72 Å². The van der Waals surface area contributed by atoms with Gasteiger partial charge in [-0.1, -0.05) is 30.5 Å². The lowest BCUT2D eigenvalue weighted by Gasteiger charge is -2.15. The molecule has 4 rings (SSSR count). The Balaban J connectivity index is 1.92. The number of fused-ring (bicyclic) bond motifs is 1. The number of hydrogen-bond acceptors (Lipinski definition) is 3. The van der Waals surface area contributed by atoms with E-state index >= 15 is 0 Å². The number of rotatable bonds is 5. The van der Waals surface area contributed by atoms with Crippen LogP contribution < -0.4 is 4.74 Å². The molecule has 1 heterocycles. The van der Waals surface area contributed by atoms with Gasteiger partial charge in [0.1, 0.15) is 11.6 Å². The lowest BCUT2D eigenvalue weighted by molar-refractivity contribution is 0.413. The summed E-state index contributed by atoms with van der Waals surface area (Å²) in [5.41, 5.74) is 2.94. The maximum Gasteiger partial charge on any atom is 0.124 e. The molecule has 1 aliphatic carbocycles. The van der Waals surface area contributed by atoms with Crippen molar-refractivity contribution in [3.8, 4) is 5.75 Å². The molecule has 0 bridgehead atoms. The first kappa shape index (κ1) is 16.2. The zero-order valence-electron chi connectivity index (χ0n) is 14.0. The Hall–Kier alpha value is -2.33. The molecule has 0 atom stereocenters. The lowest BCUT2D eigenvalue weighted by Crippen LogP contribution is -1.97. The minimum Gasteiger partial charge on any atom is -0.497 e. The minimum absolute atomic E-state index is 0.254. The third kappa shape index (κ3) is 3.14. The van der Waals surface area contributed by atoms with Gasteiger partial charge in [-0.15, -0.1) is 0 Å². The maximum absolute atomic E-state index is 13.9. The SMILES string of the molecule is C=Cc1c(C2CC2)nc2ccc(F)cc2c1Sc1cccc(OC)c1. The van der Waals surface area contributed by atoms with E-state index in [9.17, 15) is 4.39 Å². The predicted molar refractivity (Wildman–Crippen MR) is 101 cm³/mol. The van der Waals surface area contributed by atoms with Gasteiger partial charge in [-0.3, -0.25) is 4.98 Å². The quantitative estimate of drug-likeness (QED) is 0.558. The Kier molecular flexibility index (Phi) is 4.22. The van der Waals surface area contributed by atoms with Crippen molar-refractivity contribution in [1.82, 2.24) is 4.98 Å². The average molecular weight is 351 g/mol. The van der Waals surface area contributed by atoms with E-state index < -0.39 is 0 Å². The van der Waals surface area contributed by atoms with Crippen LogP contribution in [0.2, 0.25) is 0 Å². The van der Waals surface area contributed by atoms with Gasteiger partial charge in [0.2, 0.25) is 0 Å². The van der Waals surface area contributed by atoms with Crippen LogP contribution in [0.15, 0.2) is 58.8 Å². The molecule has 0 amide bonds. The summed E-state index contributed by atoms with van der Waals surface area (Å²) in [5, 5.41) is 0.826. The van der Waals surface area contributed by atoms with Crippen molar-refractivity contribution in [2.45, 2.75) is 28.6 Å². The molecule has 1 aliphatic rings. The van der Waals surface area contributed by atoms with Gasteiger partial charge in [0.15, 0.2) is 0 Å². The van der Waals surface area contributed by atoms with E-state index in [2.05, 4.69) is 6.58 Å². The molecule has 4 heteroatoms. The highest BCUT2D eigenvalue weighted by atomic mass is 32.2. The number of benzene rings is 2. The van der Waals surface area contributed by atoms with Crippen LogP contribution in [0, 0.1) is 5.82 Å². The van der Waals surface area contributed by atoms with E-state index in [0.717, 1.165) is 50.5 Å². The van der Waals surface area contributed by atoms with Crippen molar-refractivity contribution in [2.75, 3.05) is 7.11 Å². The standard InChI is InChI=1S/C21H18FNOS/c1-3-17-20(13-7-8-13)23-19-10-9-14(22)11-18(19)21(17)25-16-6-4-5-15(12-16)24-2/h3-6,9-13H,1,7-8H2,2H3. The monoisotopic (exact) mass is 351 g/mol. The van der Waals surface area contributed by atoms with Gasteiger partial charge in [0.25, 0.3) is 0 Å². The molecule has 0 spiro atoms. The maximum atomic E-state index is 13.9. The first-order chi connectivity index (χ1) is 12.2. The largest absolute Gasteiger partial charge is 0.497 e. The molecule has 0 saturated heterocycles. The van der Waals surface area contributed by atoms with Gasteiger partial charge in [-0.2, -0.15) is 0 Å². The molecule has 1 aromatic heterocycles. The van der Waals surface area contributed by atoms with Crippen LogP contribution in [-0.2, 0) is 0 Å². The Labute approximate surface area is 150 Å². The van der Waals surface area contributed by atoms with E-state index in [-0.39, 0.29) is 5.82 Å². The van der Waals surface area contributed by atoms with Crippen LogP contribution in [0.5, 0.6) is 5.75 Å². The molecule has 0 unspecified atom stereocenters. The van der Waals surface area contributed by atoms with Crippen LogP contribution in [0.25, 0.3) is 17.0 Å². The molecular formula is C21H18FNOS. The first-order valence-electron chi connectivity index (χ1n) is 8.27. The molecule has 126 valence electrons. The van der Waals surface area contributed by atoms with E-state index in [0.29, 0.717) is 5.92 Å². The van der Waals surface area contributed by atoms with Gasteiger partial charge < -0.3 is 4.74 Å². The number of nitrogens with zero attached hydrogens (tertiary/aromatic N) is 1. The highest BCUT2D eigenvalue weighted by Gasteiger charge is 2.29. The number of hydrogen-bond donors (Lipinski definition) is 0. The summed E-state index contributed by atoms with van der Waals surface area (Å²) in [4.78, 5) is 6.86. The fourth-order valence-corrected chi connectivity index (χ4v) is 4.13. The van der Waals surface area contributed by atoms with Gasteiger partial charge >= 0.3 is 0 Å². The Bertz CT molecular complexity index is 966. The molecule has 0 aliphatic heterocycles. The van der Waals surface area contributed by atoms with Crippen LogP contribution in [0.1, 0.15) is 30.0 Å². The summed E-state index contributed by atoms with van der Waals surface area (Å²) in [7, 11) is 1.65. The van der Waals surface area contributed by atoms with Crippen LogP contribution in [-0.4, -0.2) is 12.1 Å². The molecule has 2 aromatic carbocycles. The third-order valence-corrected chi connectivity index (χ3v) is 5.53. The molecule has 3 aromatic rings. The van der Waals surface area contributed by atoms with Crippen LogP contribution >= 0.6 is 11.8 Å². The fourth-order valence-electron chi connectivity index (χ4n) is 3.00. The van der Waals surface area contributed by atoms with Crippen molar-refractivity contribution in [3.05, 3.63) is 66.1 Å². The second kappa shape index (κ2) is 6.52. The zero-order valence-corrected chi connectivity index (χ0v) is 14.8. The number of aromatic nitrogens is 1. The summed E-state index contributed by atoms with van der Waals surface area (Å²) < 4.78 is 19.2. The Morgan fingerprint density at radius 1 is 1.24 bits per heavy atom. The Morgan fingerprint density at radius 3 is 2.80 bits per heavy atom. The summed E-state index contributed by atoms with van der Waals surface area (Å²) >= 11 is 1.61. The molecular weight excluding hydrogens is 333 g/mol. The second-order valence-corrected chi connectivity index (χ2v) is 7.24. The van der Waals surface area contributed by atoms with E-state index in [1.165, 1.54) is 6.07 Å². The normalized spacial score (nSPS) is 13.8. The number of halogens is 1. The van der Waals surface area contributed by atoms with Crippen molar-refractivity contribution in [3.63, 3.8) is 0 Å². The fraction of sp³-hybridized carbons (Fsp3) is 0.190. The van der Waals surface area contributed by atoms with Crippen molar-refractivity contribution < 1.29 is 9.13 Å². The number of methoxy groups -OCH3 is 1. The smallest absolute Gasteiger partial charge is 0.124 e. The highest BCUT2D eigenvalue weighted by molar-refractivity contribution is 7.99. The van der Waals surface area contributed by atoms with Crippen LogP contribution in [0.4, 0.5) is 4.39 Å². The zero-order chi connectivity index (χ0) is 17.4. The van der Waals surface area contributed by atoms with Gasteiger partial charge in [-0.05, 0) is 49.2 Å². The molecule has 25 heavy (non-hydrogen) atoms. The molecule has 1 fully saturated rings. The first-order valence-corrected chi connectivity index (χ1v) is 9.08. The lowest BCUT2D eigenvalue weighted by atomic mass is 10.1. The summed E-state index contributed by atoms with van der Waals surface area (Å²) in [6, 6.07) is 12.7. The van der Waals surface area contributed by atoms with Crippen molar-refractivity contribution in [1.29, 1.82) is 0 Å². The van der Waals surface area contributed by atoms with Crippen LogP contribution in [0.3, 0.4) is 0 Å². The molecule has 2 nitrogen and oxygen atoms in total. The number of ether oxygens (including phenoxy) is 1. The predicted octanol–water partition coefficient (Wildman–Crippen LogP) is 6.05. The van der Waals surface area contributed by atoms with Gasteiger partial charge in [-0.25, -0.2) is 4.39 Å². The highest BCUT2D eigenvalue weighted by Crippen LogP contribution is 2.46. The Morgan fingerprint density at radius 2 is 2.08 bits per heavy atom. The van der Waals surface area contributed by atoms with Gasteiger partial charge in [0, 0.05) is 26.7 Å². The summed E-state index contributed by atoms with van der Waals surface area (Å²) in [6.07, 6.45) is 4.17. The van der Waals surface area contributed by atoms with Crippen molar-refractivity contribution in [2.24, 2.45) is 0 Å². The van der Waals surface area contributed by atoms with Gasteiger partial charge in [0.05, 0.1) is 18.3 Å². The van der Waals surface area contributed by atoms with Crippen molar-refractivity contribution >= 4 is 28.7 Å². The summed E-state index contributed by atoms with van der Waals surface area (Å²) in [6.45, 7) is 4.00. The minimum atomic E-state index is -0.254. The topological polar surface area (TPSA) is 22.1 Å². The molecule has 0 N–H and O–H groups in total. The van der Waals surface area contributed by atoms with E-state index in [1.807, 2.05) is 30.3 Å². The average Bonchev–Trinajstić information content (AvgIpc) is 3.47. The number of pyridine rings is 1. The second-order valence-electron chi connectivity index (χ2n) is 6.16.